The number of para-hydroxylation sites is 1. The van der Waals surface area contributed by atoms with Crippen LogP contribution < -0.4 is 32.2 Å². The minimum absolute atomic E-state index is 0.895. The zero-order valence-corrected chi connectivity index (χ0v) is 34.2. The van der Waals surface area contributed by atoms with Crippen LogP contribution in [0.5, 0.6) is 0 Å². The van der Waals surface area contributed by atoms with Crippen molar-refractivity contribution < 1.29 is 4.42 Å². The third kappa shape index (κ3) is 6.48. The molecule has 0 aliphatic rings. The van der Waals surface area contributed by atoms with E-state index in [0.29, 0.717) is 0 Å². The van der Waals surface area contributed by atoms with Crippen molar-refractivity contribution >= 4 is 116 Å². The Labute approximate surface area is 350 Å². The molecule has 0 bridgehead atoms. The number of rotatable bonds is 7. The first-order valence-electron chi connectivity index (χ1n) is 20.5. The summed E-state index contributed by atoms with van der Waals surface area (Å²) in [5.41, 5.74) is 21.5. The lowest BCUT2D eigenvalue weighted by Gasteiger charge is -2.27. The predicted octanol–water partition coefficient (Wildman–Crippen LogP) is 6.17. The van der Waals surface area contributed by atoms with Gasteiger partial charge >= 0.3 is 0 Å². The largest absolute Gasteiger partial charge is 0.455 e. The molecule has 0 radical (unpaired) electrons. The third-order valence-electron chi connectivity index (χ3n) is 12.7. The van der Waals surface area contributed by atoms with E-state index in [1.807, 2.05) is 6.07 Å². The van der Waals surface area contributed by atoms with E-state index in [1.54, 1.807) is 0 Å². The Morgan fingerprint density at radius 3 is 1.47 bits per heavy atom. The number of fused-ring (bicyclic) bond motifs is 4. The van der Waals surface area contributed by atoms with Gasteiger partial charge in [0.2, 0.25) is 0 Å². The average Bonchev–Trinajstić information content (AvgIpc) is 3.67. The van der Waals surface area contributed by atoms with Gasteiger partial charge in [0, 0.05) is 33.4 Å². The quantitative estimate of drug-likeness (QED) is 0.182. The SMILES string of the molecule is Bc1c(B)c(B)c(-c2ccc(N(c3ccc(-c4ccc5ccccc5c4)cc3)c3ccc(-c4ccc5oc6c(-c7ccccc7)cccc6c5c4)cc3)cc2)c(B)c1B. The molecule has 0 aliphatic heterocycles. The number of anilines is 3. The molecule has 0 aliphatic carbocycles. The maximum Gasteiger partial charge on any atom is 0.143 e. The molecule has 10 rings (SSSR count). The van der Waals surface area contributed by atoms with Crippen molar-refractivity contribution in [2.24, 2.45) is 0 Å². The number of benzene rings is 9. The van der Waals surface area contributed by atoms with Gasteiger partial charge in [0.1, 0.15) is 50.4 Å². The Hall–Kier alpha value is -6.84. The molecule has 10 aromatic rings. The molecule has 0 saturated heterocycles. The molecule has 0 unspecified atom stereocenters. The highest BCUT2D eigenvalue weighted by molar-refractivity contribution is 6.68. The van der Waals surface area contributed by atoms with E-state index in [2.05, 4.69) is 220 Å². The lowest BCUT2D eigenvalue weighted by atomic mass is 9.60. The van der Waals surface area contributed by atoms with E-state index < -0.39 is 0 Å². The lowest BCUT2D eigenvalue weighted by molar-refractivity contribution is 0.670. The molecule has 1 aromatic heterocycles. The van der Waals surface area contributed by atoms with Gasteiger partial charge in [0.25, 0.3) is 0 Å². The molecule has 59 heavy (non-hydrogen) atoms. The highest BCUT2D eigenvalue weighted by Gasteiger charge is 2.18. The number of nitrogens with zero attached hydrogens (tertiary/aromatic N) is 1. The molecular formula is C52H40B5NO. The van der Waals surface area contributed by atoms with E-state index in [0.717, 1.165) is 61.3 Å². The molecule has 0 atom stereocenters. The van der Waals surface area contributed by atoms with Crippen LogP contribution in [0.1, 0.15) is 0 Å². The lowest BCUT2D eigenvalue weighted by Crippen LogP contribution is -2.55. The third-order valence-corrected chi connectivity index (χ3v) is 12.7. The number of hydrogen-bond donors (Lipinski definition) is 0. The molecule has 0 saturated carbocycles. The van der Waals surface area contributed by atoms with Crippen LogP contribution >= 0.6 is 0 Å². The second-order valence-corrected chi connectivity index (χ2v) is 15.9. The summed E-state index contributed by atoms with van der Waals surface area (Å²) in [7, 11) is 11.3. The summed E-state index contributed by atoms with van der Waals surface area (Å²) in [4.78, 5) is 2.36. The van der Waals surface area contributed by atoms with Crippen LogP contribution in [-0.4, -0.2) is 39.2 Å². The first-order chi connectivity index (χ1) is 28.8. The van der Waals surface area contributed by atoms with E-state index in [4.69, 9.17) is 4.42 Å². The fourth-order valence-electron chi connectivity index (χ4n) is 8.96. The van der Waals surface area contributed by atoms with Crippen LogP contribution in [0.4, 0.5) is 17.1 Å². The maximum atomic E-state index is 6.49. The molecule has 0 N–H and O–H groups in total. The fraction of sp³-hybridized carbons (Fsp3) is 0. The molecule has 9 aromatic carbocycles. The van der Waals surface area contributed by atoms with Gasteiger partial charge in [-0.2, -0.15) is 0 Å². The fourth-order valence-corrected chi connectivity index (χ4v) is 8.96. The second kappa shape index (κ2) is 14.8. The van der Waals surface area contributed by atoms with Crippen LogP contribution in [0.2, 0.25) is 0 Å². The highest BCUT2D eigenvalue weighted by atomic mass is 16.3. The van der Waals surface area contributed by atoms with E-state index >= 15 is 0 Å². The first-order valence-corrected chi connectivity index (χ1v) is 20.5. The van der Waals surface area contributed by atoms with E-state index in [9.17, 15) is 0 Å². The summed E-state index contributed by atoms with van der Waals surface area (Å²) < 4.78 is 6.49. The van der Waals surface area contributed by atoms with Crippen LogP contribution in [0.25, 0.3) is 77.2 Å². The van der Waals surface area contributed by atoms with Crippen molar-refractivity contribution in [3.8, 4) is 44.5 Å². The van der Waals surface area contributed by atoms with Crippen LogP contribution in [0.3, 0.4) is 0 Å². The van der Waals surface area contributed by atoms with Gasteiger partial charge in [0.15, 0.2) is 0 Å². The monoisotopic (exact) mass is 749 g/mol. The molecule has 0 fully saturated rings. The first kappa shape index (κ1) is 36.5. The zero-order valence-electron chi connectivity index (χ0n) is 34.2. The van der Waals surface area contributed by atoms with Gasteiger partial charge in [-0.25, -0.2) is 0 Å². The maximum absolute atomic E-state index is 6.49. The predicted molar refractivity (Wildman–Crippen MR) is 269 cm³/mol. The van der Waals surface area contributed by atoms with Gasteiger partial charge < -0.3 is 9.32 Å². The Morgan fingerprint density at radius 1 is 0.339 bits per heavy atom. The molecular weight excluding hydrogens is 709 g/mol. The summed E-state index contributed by atoms with van der Waals surface area (Å²) >= 11 is 0. The molecule has 1 heterocycles. The van der Waals surface area contributed by atoms with Gasteiger partial charge in [0.05, 0.1) is 0 Å². The van der Waals surface area contributed by atoms with Crippen LogP contribution in [0, 0.1) is 0 Å². The summed E-state index contributed by atoms with van der Waals surface area (Å²) in [6.45, 7) is 0. The minimum atomic E-state index is 0.895. The second-order valence-electron chi connectivity index (χ2n) is 15.9. The summed E-state index contributed by atoms with van der Waals surface area (Å²) in [6, 6.07) is 65.8. The molecule has 274 valence electrons. The average molecular weight is 749 g/mol. The van der Waals surface area contributed by atoms with Crippen LogP contribution in [0.15, 0.2) is 186 Å². The molecule has 0 amide bonds. The van der Waals surface area contributed by atoms with Gasteiger partial charge in [-0.15, -0.1) is 16.4 Å². The van der Waals surface area contributed by atoms with Gasteiger partial charge in [-0.05, 0) is 104 Å². The normalized spacial score (nSPS) is 11.4. The number of hydrogen-bond acceptors (Lipinski definition) is 2. The van der Waals surface area contributed by atoms with Crippen LogP contribution in [-0.2, 0) is 0 Å². The van der Waals surface area contributed by atoms with Gasteiger partial charge in [-0.3, -0.25) is 0 Å². The smallest absolute Gasteiger partial charge is 0.143 e. The topological polar surface area (TPSA) is 16.4 Å². The Balaban J connectivity index is 1.03. The summed E-state index contributed by atoms with van der Waals surface area (Å²) in [6.07, 6.45) is 0. The van der Waals surface area contributed by atoms with Crippen molar-refractivity contribution in [2.45, 2.75) is 0 Å². The minimum Gasteiger partial charge on any atom is -0.455 e. The molecule has 2 nitrogen and oxygen atoms in total. The summed E-state index contributed by atoms with van der Waals surface area (Å²) in [5, 5.41) is 4.75. The van der Waals surface area contributed by atoms with Crippen molar-refractivity contribution in [3.05, 3.63) is 182 Å². The van der Waals surface area contributed by atoms with Crippen molar-refractivity contribution in [1.82, 2.24) is 0 Å². The Bertz CT molecular complexity index is 3170. The Kier molecular flexibility index (Phi) is 9.18. The standard InChI is InChI=1S/C52H40B5NO/c53-47-46(48(54)50(56)51(57)49(47)55)35-19-26-41(27-20-35)58(39-22-15-32(16-23-39)37-14-13-31-7-4-5-10-36(31)29-37)40-24-17-33(18-25-40)38-21-28-45-44(30-38)43-12-6-11-42(52(43)59-45)34-8-2-1-3-9-34/h1-30H,53-57H2. The molecule has 7 heteroatoms. The van der Waals surface area contributed by atoms with E-state index in [1.165, 1.54) is 60.3 Å². The Morgan fingerprint density at radius 2 is 0.847 bits per heavy atom. The zero-order chi connectivity index (χ0) is 40.2. The summed E-state index contributed by atoms with van der Waals surface area (Å²) in [5.74, 6) is 0. The number of furan rings is 1. The molecule has 0 spiro atoms. The van der Waals surface area contributed by atoms with Crippen molar-refractivity contribution in [3.63, 3.8) is 0 Å². The van der Waals surface area contributed by atoms with E-state index in [-0.39, 0.29) is 0 Å². The van der Waals surface area contributed by atoms with Crippen molar-refractivity contribution in [1.29, 1.82) is 0 Å². The van der Waals surface area contributed by atoms with Crippen molar-refractivity contribution in [2.75, 3.05) is 4.90 Å². The van der Waals surface area contributed by atoms with Gasteiger partial charge in [-0.1, -0.05) is 138 Å². The highest BCUT2D eigenvalue weighted by Crippen LogP contribution is 2.40.